The number of aliphatic carboxylic acids is 1. The lowest BCUT2D eigenvalue weighted by atomic mass is 10.0. The molecule has 0 aromatic heterocycles. The molecule has 41 heavy (non-hydrogen) atoms. The van der Waals surface area contributed by atoms with Crippen LogP contribution < -0.4 is 5.32 Å². The molecule has 2 atom stereocenters. The maximum absolute atomic E-state index is 13.7. The Labute approximate surface area is 233 Å². The second kappa shape index (κ2) is 12.7. The summed E-state index contributed by atoms with van der Waals surface area (Å²) in [7, 11) is 0. The van der Waals surface area contributed by atoms with Crippen molar-refractivity contribution in [1.29, 1.82) is 0 Å². The summed E-state index contributed by atoms with van der Waals surface area (Å²) in [5.74, 6) is -3.45. The normalized spacial score (nSPS) is 15.2. The first-order valence-electron chi connectivity index (χ1n) is 12.4. The Morgan fingerprint density at radius 2 is 1.68 bits per heavy atom. The van der Waals surface area contributed by atoms with Gasteiger partial charge < -0.3 is 20.1 Å². The van der Waals surface area contributed by atoms with Crippen LogP contribution >= 0.6 is 0 Å². The smallest absolute Gasteiger partial charge is 0.412 e. The third-order valence-corrected chi connectivity index (χ3v) is 6.38. The minimum absolute atomic E-state index is 0.0597. The number of hydrogen-bond donors (Lipinski definition) is 2. The predicted molar refractivity (Wildman–Crippen MR) is 141 cm³/mol. The summed E-state index contributed by atoms with van der Waals surface area (Å²) in [6.45, 7) is -0.264. The van der Waals surface area contributed by atoms with Crippen molar-refractivity contribution < 1.29 is 38.3 Å². The lowest BCUT2D eigenvalue weighted by Crippen LogP contribution is -2.54. The molecule has 2 N–H and O–H groups in total. The maximum atomic E-state index is 13.7. The van der Waals surface area contributed by atoms with E-state index in [0.29, 0.717) is 5.56 Å². The maximum Gasteiger partial charge on any atom is 0.412 e. The van der Waals surface area contributed by atoms with Gasteiger partial charge in [-0.25, -0.2) is 9.18 Å². The second-order valence-corrected chi connectivity index (χ2v) is 9.12. The highest BCUT2D eigenvalue weighted by molar-refractivity contribution is 5.99. The number of carbonyl (C=O) groups is 4. The summed E-state index contributed by atoms with van der Waals surface area (Å²) in [4.78, 5) is 64.5. The summed E-state index contributed by atoms with van der Waals surface area (Å²) in [6, 6.07) is 17.3. The Bertz CT molecular complexity index is 1450. The average molecular weight is 565 g/mol. The Kier molecular flexibility index (Phi) is 8.87. The zero-order valence-corrected chi connectivity index (χ0v) is 21.5. The molecule has 1 heterocycles. The van der Waals surface area contributed by atoms with Crippen LogP contribution in [0.1, 0.15) is 33.9 Å². The number of amides is 3. The van der Waals surface area contributed by atoms with Crippen molar-refractivity contribution in [3.8, 4) is 0 Å². The Morgan fingerprint density at radius 1 is 1.00 bits per heavy atom. The fraction of sp³-hybridized carbons (Fsp3) is 0.214. The van der Waals surface area contributed by atoms with E-state index in [-0.39, 0.29) is 36.5 Å². The number of carboxylic acids is 1. The number of hydrogen-bond acceptors (Lipinski definition) is 7. The first-order chi connectivity index (χ1) is 19.6. The van der Waals surface area contributed by atoms with Crippen molar-refractivity contribution >= 4 is 29.6 Å². The average Bonchev–Trinajstić information content (AvgIpc) is 3.41. The van der Waals surface area contributed by atoms with E-state index in [1.165, 1.54) is 30.3 Å². The highest BCUT2D eigenvalue weighted by atomic mass is 19.1. The highest BCUT2D eigenvalue weighted by Crippen LogP contribution is 2.25. The molecule has 1 aliphatic rings. The molecular formula is C28H25FN4O8. The Balaban J connectivity index is 1.62. The minimum Gasteiger partial charge on any atom is -0.481 e. The molecule has 3 aromatic carbocycles. The van der Waals surface area contributed by atoms with E-state index in [9.17, 15) is 38.8 Å². The quantitative estimate of drug-likeness (QED) is 0.295. The number of nitrogens with zero attached hydrogens (tertiary/aromatic N) is 3. The lowest BCUT2D eigenvalue weighted by molar-refractivity contribution is -0.384. The van der Waals surface area contributed by atoms with Gasteiger partial charge in [0, 0.05) is 30.8 Å². The monoisotopic (exact) mass is 564 g/mol. The second-order valence-electron chi connectivity index (χ2n) is 9.12. The molecule has 0 bridgehead atoms. The molecular weight excluding hydrogens is 539 g/mol. The SMILES string of the molecule is O=C(O)CC(NC(=O)C1N(C(=O)OCc2ccccc2)CCN1C(=O)c1ccc(F)cc1)c1cccc([N+](=O)[O-])c1. The number of halogens is 1. The van der Waals surface area contributed by atoms with Gasteiger partial charge >= 0.3 is 12.1 Å². The molecule has 0 spiro atoms. The van der Waals surface area contributed by atoms with E-state index in [2.05, 4.69) is 5.32 Å². The molecule has 0 aliphatic carbocycles. The molecule has 1 fully saturated rings. The van der Waals surface area contributed by atoms with Crippen LogP contribution in [-0.2, 0) is 20.9 Å². The predicted octanol–water partition coefficient (Wildman–Crippen LogP) is 3.49. The topological polar surface area (TPSA) is 159 Å². The van der Waals surface area contributed by atoms with Crippen LogP contribution in [0.3, 0.4) is 0 Å². The fourth-order valence-electron chi connectivity index (χ4n) is 4.40. The van der Waals surface area contributed by atoms with Gasteiger partial charge in [-0.1, -0.05) is 42.5 Å². The van der Waals surface area contributed by atoms with E-state index in [1.54, 1.807) is 30.3 Å². The van der Waals surface area contributed by atoms with Gasteiger partial charge in [0.2, 0.25) is 0 Å². The van der Waals surface area contributed by atoms with Gasteiger partial charge in [0.05, 0.1) is 17.4 Å². The summed E-state index contributed by atoms with van der Waals surface area (Å²) >= 11 is 0. The number of carbonyl (C=O) groups excluding carboxylic acids is 3. The van der Waals surface area contributed by atoms with Gasteiger partial charge in [-0.3, -0.25) is 29.4 Å². The standard InChI is InChI=1S/C28H25FN4O8/c29-21-11-9-19(10-12-21)27(37)31-13-14-32(28(38)41-17-18-5-2-1-3-6-18)26(31)25(36)30-23(16-24(34)35)20-7-4-8-22(15-20)33(39)40/h1-12,15,23,26H,13-14,16-17H2,(H,30,36)(H,34,35). The minimum atomic E-state index is -1.55. The molecule has 0 radical (unpaired) electrons. The number of rotatable bonds is 9. The van der Waals surface area contributed by atoms with E-state index in [1.807, 2.05) is 0 Å². The zero-order chi connectivity index (χ0) is 29.5. The van der Waals surface area contributed by atoms with Gasteiger partial charge in [0.25, 0.3) is 17.5 Å². The van der Waals surface area contributed by atoms with Crippen molar-refractivity contribution in [2.45, 2.75) is 25.2 Å². The largest absolute Gasteiger partial charge is 0.481 e. The van der Waals surface area contributed by atoms with Crippen LogP contribution in [0.2, 0.25) is 0 Å². The van der Waals surface area contributed by atoms with Crippen molar-refractivity contribution in [3.05, 3.63) is 111 Å². The van der Waals surface area contributed by atoms with Crippen LogP contribution in [0.5, 0.6) is 0 Å². The van der Waals surface area contributed by atoms with Crippen molar-refractivity contribution in [3.63, 3.8) is 0 Å². The molecule has 13 heteroatoms. The molecule has 0 saturated carbocycles. The Morgan fingerprint density at radius 3 is 2.34 bits per heavy atom. The first kappa shape index (κ1) is 28.7. The number of benzene rings is 3. The van der Waals surface area contributed by atoms with Crippen molar-refractivity contribution in [2.75, 3.05) is 13.1 Å². The highest BCUT2D eigenvalue weighted by Gasteiger charge is 2.44. The zero-order valence-electron chi connectivity index (χ0n) is 21.5. The molecule has 4 rings (SSSR count). The number of nitro groups is 1. The number of ether oxygens (including phenoxy) is 1. The van der Waals surface area contributed by atoms with Crippen molar-refractivity contribution in [1.82, 2.24) is 15.1 Å². The molecule has 3 aromatic rings. The number of nitrogens with one attached hydrogen (secondary N) is 1. The Hall–Kier alpha value is -5.33. The molecule has 1 saturated heterocycles. The molecule has 2 unspecified atom stereocenters. The molecule has 1 aliphatic heterocycles. The number of carboxylic acid groups (broad SMARTS) is 1. The number of non-ortho nitro benzene ring substituents is 1. The van der Waals surface area contributed by atoms with Crippen LogP contribution in [-0.4, -0.2) is 63.0 Å². The van der Waals surface area contributed by atoms with Gasteiger partial charge in [-0.15, -0.1) is 0 Å². The van der Waals surface area contributed by atoms with E-state index in [4.69, 9.17) is 4.74 Å². The van der Waals surface area contributed by atoms with Gasteiger partial charge in [-0.2, -0.15) is 0 Å². The van der Waals surface area contributed by atoms with Crippen LogP contribution in [0.25, 0.3) is 0 Å². The first-order valence-corrected chi connectivity index (χ1v) is 12.4. The summed E-state index contributed by atoms with van der Waals surface area (Å²) in [5.41, 5.74) is 0.576. The summed E-state index contributed by atoms with van der Waals surface area (Å²) in [6.07, 6.45) is -3.08. The van der Waals surface area contributed by atoms with E-state index < -0.39 is 53.2 Å². The van der Waals surface area contributed by atoms with Gasteiger partial charge in [0.15, 0.2) is 6.17 Å². The fourth-order valence-corrected chi connectivity index (χ4v) is 4.40. The van der Waals surface area contributed by atoms with Gasteiger partial charge in [0.1, 0.15) is 12.4 Å². The summed E-state index contributed by atoms with van der Waals surface area (Å²) < 4.78 is 18.9. The van der Waals surface area contributed by atoms with Crippen LogP contribution in [0.15, 0.2) is 78.9 Å². The van der Waals surface area contributed by atoms with Crippen molar-refractivity contribution in [2.24, 2.45) is 0 Å². The lowest BCUT2D eigenvalue weighted by Gasteiger charge is -2.30. The molecule has 212 valence electrons. The third kappa shape index (κ3) is 7.01. The van der Waals surface area contributed by atoms with E-state index in [0.717, 1.165) is 28.0 Å². The third-order valence-electron chi connectivity index (χ3n) is 6.38. The molecule has 12 nitrogen and oxygen atoms in total. The van der Waals surface area contributed by atoms with Crippen LogP contribution in [0, 0.1) is 15.9 Å². The van der Waals surface area contributed by atoms with Gasteiger partial charge in [-0.05, 0) is 35.4 Å². The molecule has 3 amide bonds. The van der Waals surface area contributed by atoms with E-state index >= 15 is 0 Å². The van der Waals surface area contributed by atoms with Crippen LogP contribution in [0.4, 0.5) is 14.9 Å². The summed E-state index contributed by atoms with van der Waals surface area (Å²) in [5, 5.41) is 23.3. The number of nitro benzene ring substituents is 1.